The highest BCUT2D eigenvalue weighted by atomic mass is 32.1. The number of hydrogen-bond donors (Lipinski definition) is 1. The summed E-state index contributed by atoms with van der Waals surface area (Å²) in [6.45, 7) is 5.74. The molecular formula is C23H32N2O2S. The van der Waals surface area contributed by atoms with E-state index >= 15 is 0 Å². The SMILES string of the molecule is CCCCOc1ccc(C(=O)NC[C@H](c2cccs2)N2CCCCCC2)cc1. The van der Waals surface area contributed by atoms with E-state index in [2.05, 4.69) is 34.7 Å². The quantitative estimate of drug-likeness (QED) is 0.583. The number of likely N-dealkylation sites (tertiary alicyclic amines) is 1. The smallest absolute Gasteiger partial charge is 0.251 e. The number of rotatable bonds is 9. The Morgan fingerprint density at radius 1 is 1.14 bits per heavy atom. The molecule has 0 radical (unpaired) electrons. The number of nitrogens with one attached hydrogen (secondary N) is 1. The summed E-state index contributed by atoms with van der Waals surface area (Å²) in [5.74, 6) is 0.808. The number of nitrogens with zero attached hydrogens (tertiary/aromatic N) is 1. The van der Waals surface area contributed by atoms with Gasteiger partial charge in [0, 0.05) is 17.0 Å². The summed E-state index contributed by atoms with van der Waals surface area (Å²) < 4.78 is 5.68. The molecule has 1 aromatic heterocycles. The van der Waals surface area contributed by atoms with E-state index < -0.39 is 0 Å². The number of hydrogen-bond acceptors (Lipinski definition) is 4. The molecule has 1 atom stereocenters. The zero-order valence-electron chi connectivity index (χ0n) is 16.9. The van der Waals surface area contributed by atoms with Gasteiger partial charge in [0.15, 0.2) is 0 Å². The lowest BCUT2D eigenvalue weighted by Crippen LogP contribution is -2.38. The minimum Gasteiger partial charge on any atom is -0.494 e. The van der Waals surface area contributed by atoms with Crippen LogP contribution >= 0.6 is 11.3 Å². The molecule has 0 aliphatic carbocycles. The van der Waals surface area contributed by atoms with Gasteiger partial charge in [-0.15, -0.1) is 11.3 Å². The first-order valence-electron chi connectivity index (χ1n) is 10.6. The minimum absolute atomic E-state index is 0.0171. The summed E-state index contributed by atoms with van der Waals surface area (Å²) in [5.41, 5.74) is 0.684. The number of amides is 1. The van der Waals surface area contributed by atoms with E-state index in [0.29, 0.717) is 12.1 Å². The summed E-state index contributed by atoms with van der Waals surface area (Å²) in [4.78, 5) is 16.6. The topological polar surface area (TPSA) is 41.6 Å². The lowest BCUT2D eigenvalue weighted by molar-refractivity contribution is 0.0934. The summed E-state index contributed by atoms with van der Waals surface area (Å²) in [6, 6.07) is 12.0. The van der Waals surface area contributed by atoms with Crippen LogP contribution in [0.3, 0.4) is 0 Å². The first kappa shape index (κ1) is 20.9. The molecule has 1 fully saturated rings. The van der Waals surface area contributed by atoms with Crippen molar-refractivity contribution in [2.24, 2.45) is 0 Å². The van der Waals surface area contributed by atoms with Gasteiger partial charge in [-0.05, 0) is 68.1 Å². The van der Waals surface area contributed by atoms with Crippen molar-refractivity contribution in [1.82, 2.24) is 10.2 Å². The fourth-order valence-corrected chi connectivity index (χ4v) is 4.49. The lowest BCUT2D eigenvalue weighted by Gasteiger charge is -2.30. The molecular weight excluding hydrogens is 368 g/mol. The standard InChI is InChI=1S/C23H32N2O2S/c1-2-3-16-27-20-12-10-19(11-13-20)23(26)24-18-21(22-9-8-17-28-22)25-14-6-4-5-7-15-25/h8-13,17,21H,2-7,14-16,18H2,1H3,(H,24,26)/t21-/m1/s1. The zero-order valence-corrected chi connectivity index (χ0v) is 17.7. The maximum absolute atomic E-state index is 12.7. The number of benzene rings is 1. The maximum Gasteiger partial charge on any atom is 0.251 e. The summed E-state index contributed by atoms with van der Waals surface area (Å²) in [6.07, 6.45) is 7.27. The van der Waals surface area contributed by atoms with E-state index in [0.717, 1.165) is 38.3 Å². The molecule has 0 unspecified atom stereocenters. The van der Waals surface area contributed by atoms with Crippen molar-refractivity contribution in [3.63, 3.8) is 0 Å². The summed E-state index contributed by atoms with van der Waals surface area (Å²) in [5, 5.41) is 5.29. The Bertz CT molecular complexity index is 692. The normalized spacial score (nSPS) is 16.3. The first-order valence-corrected chi connectivity index (χ1v) is 11.4. The molecule has 0 saturated carbocycles. The molecule has 1 aromatic carbocycles. The van der Waals surface area contributed by atoms with Crippen LogP contribution in [0.25, 0.3) is 0 Å². The van der Waals surface area contributed by atoms with Crippen molar-refractivity contribution in [2.75, 3.05) is 26.2 Å². The summed E-state index contributed by atoms with van der Waals surface area (Å²) in [7, 11) is 0. The largest absolute Gasteiger partial charge is 0.494 e. The van der Waals surface area contributed by atoms with Gasteiger partial charge in [0.05, 0.1) is 12.6 Å². The van der Waals surface area contributed by atoms with Gasteiger partial charge in [0.25, 0.3) is 5.91 Å². The average molecular weight is 401 g/mol. The molecule has 2 aromatic rings. The Hall–Kier alpha value is -1.85. The van der Waals surface area contributed by atoms with Crippen LogP contribution in [0.5, 0.6) is 5.75 Å². The third-order valence-corrected chi connectivity index (χ3v) is 6.27. The highest BCUT2D eigenvalue weighted by Crippen LogP contribution is 2.27. The van der Waals surface area contributed by atoms with Crippen molar-refractivity contribution < 1.29 is 9.53 Å². The summed E-state index contributed by atoms with van der Waals surface area (Å²) >= 11 is 1.78. The van der Waals surface area contributed by atoms with Gasteiger partial charge < -0.3 is 10.1 Å². The second kappa shape index (κ2) is 11.2. The Morgan fingerprint density at radius 3 is 2.54 bits per heavy atom. The Balaban J connectivity index is 1.58. The van der Waals surface area contributed by atoms with E-state index in [-0.39, 0.29) is 11.9 Å². The molecule has 1 aliphatic rings. The third kappa shape index (κ3) is 6.08. The van der Waals surface area contributed by atoms with E-state index in [9.17, 15) is 4.79 Å². The molecule has 0 bridgehead atoms. The predicted octanol–water partition coefficient (Wildman–Crippen LogP) is 5.27. The highest BCUT2D eigenvalue weighted by molar-refractivity contribution is 7.10. The lowest BCUT2D eigenvalue weighted by atomic mass is 10.1. The predicted molar refractivity (Wildman–Crippen MR) is 116 cm³/mol. The zero-order chi connectivity index (χ0) is 19.6. The molecule has 5 heteroatoms. The van der Waals surface area contributed by atoms with Crippen LogP contribution in [-0.4, -0.2) is 37.0 Å². The second-order valence-electron chi connectivity index (χ2n) is 7.42. The van der Waals surface area contributed by atoms with Crippen molar-refractivity contribution in [3.05, 3.63) is 52.2 Å². The van der Waals surface area contributed by atoms with Gasteiger partial charge in [-0.3, -0.25) is 9.69 Å². The van der Waals surface area contributed by atoms with E-state index in [1.807, 2.05) is 24.3 Å². The van der Waals surface area contributed by atoms with Gasteiger partial charge in [-0.2, -0.15) is 0 Å². The van der Waals surface area contributed by atoms with Crippen LogP contribution in [0, 0.1) is 0 Å². The molecule has 152 valence electrons. The maximum atomic E-state index is 12.7. The molecule has 0 spiro atoms. The first-order chi connectivity index (χ1) is 13.8. The molecule has 4 nitrogen and oxygen atoms in total. The number of ether oxygens (including phenoxy) is 1. The molecule has 28 heavy (non-hydrogen) atoms. The Kier molecular flexibility index (Phi) is 8.37. The van der Waals surface area contributed by atoms with Gasteiger partial charge in [-0.25, -0.2) is 0 Å². The van der Waals surface area contributed by atoms with Gasteiger partial charge in [0.2, 0.25) is 0 Å². The fourth-order valence-electron chi connectivity index (χ4n) is 3.63. The number of unbranched alkanes of at least 4 members (excludes halogenated alkanes) is 1. The number of carbonyl (C=O) groups excluding carboxylic acids is 1. The highest BCUT2D eigenvalue weighted by Gasteiger charge is 2.23. The van der Waals surface area contributed by atoms with Crippen LogP contribution in [-0.2, 0) is 0 Å². The van der Waals surface area contributed by atoms with Gasteiger partial charge in [0.1, 0.15) is 5.75 Å². The molecule has 1 amide bonds. The number of thiophene rings is 1. The van der Waals surface area contributed by atoms with Crippen molar-refractivity contribution >= 4 is 17.2 Å². The van der Waals surface area contributed by atoms with Crippen molar-refractivity contribution in [1.29, 1.82) is 0 Å². The van der Waals surface area contributed by atoms with E-state index in [1.54, 1.807) is 11.3 Å². The molecule has 1 aliphatic heterocycles. The van der Waals surface area contributed by atoms with Crippen LogP contribution in [0.2, 0.25) is 0 Å². The molecule has 3 rings (SSSR count). The van der Waals surface area contributed by atoms with E-state index in [1.165, 1.54) is 30.6 Å². The van der Waals surface area contributed by atoms with Crippen LogP contribution < -0.4 is 10.1 Å². The van der Waals surface area contributed by atoms with Crippen molar-refractivity contribution in [3.8, 4) is 5.75 Å². The number of carbonyl (C=O) groups is 1. The van der Waals surface area contributed by atoms with Gasteiger partial charge in [-0.1, -0.05) is 32.3 Å². The van der Waals surface area contributed by atoms with Crippen LogP contribution in [0.1, 0.15) is 66.7 Å². The second-order valence-corrected chi connectivity index (χ2v) is 8.40. The van der Waals surface area contributed by atoms with Crippen LogP contribution in [0.15, 0.2) is 41.8 Å². The Morgan fingerprint density at radius 2 is 1.89 bits per heavy atom. The average Bonchev–Trinajstić information content (AvgIpc) is 3.11. The van der Waals surface area contributed by atoms with Gasteiger partial charge >= 0.3 is 0 Å². The Labute approximate surface area is 172 Å². The molecule has 1 saturated heterocycles. The monoisotopic (exact) mass is 400 g/mol. The third-order valence-electron chi connectivity index (χ3n) is 5.29. The fraction of sp³-hybridized carbons (Fsp3) is 0.522. The van der Waals surface area contributed by atoms with E-state index in [4.69, 9.17) is 4.74 Å². The van der Waals surface area contributed by atoms with Crippen LogP contribution in [0.4, 0.5) is 0 Å². The molecule has 2 heterocycles. The molecule has 1 N–H and O–H groups in total. The van der Waals surface area contributed by atoms with Crippen molar-refractivity contribution in [2.45, 2.75) is 51.5 Å². The minimum atomic E-state index is -0.0171.